The van der Waals surface area contributed by atoms with Crippen LogP contribution >= 0.6 is 12.4 Å². The molecule has 0 saturated carbocycles. The number of nitrogens with one attached hydrogen (secondary N) is 1. The highest BCUT2D eigenvalue weighted by Gasteiger charge is 2.17. The van der Waals surface area contributed by atoms with Crippen LogP contribution in [-0.2, 0) is 4.79 Å². The van der Waals surface area contributed by atoms with Crippen molar-refractivity contribution in [2.45, 2.75) is 19.9 Å². The predicted molar refractivity (Wildman–Crippen MR) is 65.0 cm³/mol. The molecule has 3 nitrogen and oxygen atoms in total. The number of anilines is 1. The van der Waals surface area contributed by atoms with Crippen LogP contribution < -0.4 is 11.1 Å². The van der Waals surface area contributed by atoms with Gasteiger partial charge in [-0.05, 0) is 18.1 Å². The number of benzene rings is 1. The molecule has 6 heteroatoms. The number of hydrogen-bond acceptors (Lipinski definition) is 2. The zero-order chi connectivity index (χ0) is 12.3. The van der Waals surface area contributed by atoms with Crippen molar-refractivity contribution >= 4 is 24.0 Å². The van der Waals surface area contributed by atoms with Gasteiger partial charge in [-0.15, -0.1) is 12.4 Å². The third-order valence-electron chi connectivity index (χ3n) is 2.15. The van der Waals surface area contributed by atoms with Crippen LogP contribution in [0.2, 0.25) is 0 Å². The Bertz CT molecular complexity index is 379. The second-order valence-corrected chi connectivity index (χ2v) is 3.92. The van der Waals surface area contributed by atoms with E-state index < -0.39 is 23.6 Å². The van der Waals surface area contributed by atoms with E-state index in [2.05, 4.69) is 5.32 Å². The number of carbonyl (C=O) groups excluding carboxylic acids is 1. The van der Waals surface area contributed by atoms with E-state index in [0.29, 0.717) is 0 Å². The van der Waals surface area contributed by atoms with Gasteiger partial charge in [-0.25, -0.2) is 8.78 Å². The van der Waals surface area contributed by atoms with Gasteiger partial charge in [0.1, 0.15) is 11.6 Å². The summed E-state index contributed by atoms with van der Waals surface area (Å²) < 4.78 is 25.6. The summed E-state index contributed by atoms with van der Waals surface area (Å²) in [6.07, 6.45) is 0. The summed E-state index contributed by atoms with van der Waals surface area (Å²) in [5.41, 5.74) is 5.65. The topological polar surface area (TPSA) is 55.1 Å². The molecule has 1 rings (SSSR count). The molecule has 0 aromatic heterocycles. The summed E-state index contributed by atoms with van der Waals surface area (Å²) in [4.78, 5) is 11.5. The van der Waals surface area contributed by atoms with Gasteiger partial charge in [0.2, 0.25) is 5.91 Å². The maximum atomic E-state index is 12.8. The van der Waals surface area contributed by atoms with Gasteiger partial charge in [-0.1, -0.05) is 13.8 Å². The molecular formula is C11H15ClF2N2O. The van der Waals surface area contributed by atoms with Crippen molar-refractivity contribution in [3.8, 4) is 0 Å². The molecule has 1 amide bonds. The molecule has 17 heavy (non-hydrogen) atoms. The molecule has 1 atom stereocenters. The minimum atomic E-state index is -0.742. The Morgan fingerprint density at radius 2 is 1.71 bits per heavy atom. The van der Waals surface area contributed by atoms with E-state index in [1.165, 1.54) is 0 Å². The molecule has 0 aliphatic carbocycles. The van der Waals surface area contributed by atoms with Gasteiger partial charge in [0.15, 0.2) is 0 Å². The van der Waals surface area contributed by atoms with E-state index in [4.69, 9.17) is 5.73 Å². The Labute approximate surface area is 105 Å². The summed E-state index contributed by atoms with van der Waals surface area (Å²) in [6.45, 7) is 3.58. The molecule has 0 bridgehead atoms. The standard InChI is InChI=1S/C11H14F2N2O.ClH/c1-6(2)10(14)11(16)15-9-4-7(12)3-8(13)5-9;/h3-6,10H,14H2,1-2H3,(H,15,16);1H. The van der Waals surface area contributed by atoms with Crippen LogP contribution in [0, 0.1) is 17.6 Å². The smallest absolute Gasteiger partial charge is 0.241 e. The Morgan fingerprint density at radius 1 is 1.24 bits per heavy atom. The first-order valence-electron chi connectivity index (χ1n) is 4.92. The van der Waals surface area contributed by atoms with Crippen LogP contribution in [-0.4, -0.2) is 11.9 Å². The maximum Gasteiger partial charge on any atom is 0.241 e. The first kappa shape index (κ1) is 15.8. The number of nitrogens with two attached hydrogens (primary N) is 1. The highest BCUT2D eigenvalue weighted by atomic mass is 35.5. The fourth-order valence-electron chi connectivity index (χ4n) is 1.15. The quantitative estimate of drug-likeness (QED) is 0.880. The summed E-state index contributed by atoms with van der Waals surface area (Å²) in [6, 6.07) is 2.10. The van der Waals surface area contributed by atoms with Crippen molar-refractivity contribution < 1.29 is 13.6 Å². The second kappa shape index (κ2) is 6.51. The van der Waals surface area contributed by atoms with Crippen LogP contribution in [0.25, 0.3) is 0 Å². The minimum absolute atomic E-state index is 0. The zero-order valence-corrected chi connectivity index (χ0v) is 10.4. The normalized spacial score (nSPS) is 11.9. The highest BCUT2D eigenvalue weighted by molar-refractivity contribution is 5.94. The van der Waals surface area contributed by atoms with Crippen molar-refractivity contribution in [2.75, 3.05) is 5.32 Å². The van der Waals surface area contributed by atoms with E-state index in [0.717, 1.165) is 18.2 Å². The van der Waals surface area contributed by atoms with Crippen molar-refractivity contribution in [1.82, 2.24) is 0 Å². The highest BCUT2D eigenvalue weighted by Crippen LogP contribution is 2.13. The molecule has 0 fully saturated rings. The van der Waals surface area contributed by atoms with Gasteiger partial charge in [0.05, 0.1) is 6.04 Å². The molecule has 1 unspecified atom stereocenters. The lowest BCUT2D eigenvalue weighted by Crippen LogP contribution is -2.39. The molecule has 96 valence electrons. The average Bonchev–Trinajstić information content (AvgIpc) is 2.14. The van der Waals surface area contributed by atoms with Crippen LogP contribution in [0.3, 0.4) is 0 Å². The lowest BCUT2D eigenvalue weighted by Gasteiger charge is -2.15. The van der Waals surface area contributed by atoms with Crippen molar-refractivity contribution in [3.05, 3.63) is 29.8 Å². The van der Waals surface area contributed by atoms with Gasteiger partial charge in [0, 0.05) is 11.8 Å². The Balaban J connectivity index is 0.00000256. The number of halogens is 3. The molecule has 0 heterocycles. The number of carbonyl (C=O) groups is 1. The van der Waals surface area contributed by atoms with Crippen LogP contribution in [0.1, 0.15) is 13.8 Å². The Hall–Kier alpha value is -1.20. The Morgan fingerprint density at radius 3 is 2.12 bits per heavy atom. The largest absolute Gasteiger partial charge is 0.325 e. The molecule has 0 aliphatic rings. The monoisotopic (exact) mass is 264 g/mol. The third-order valence-corrected chi connectivity index (χ3v) is 2.15. The zero-order valence-electron chi connectivity index (χ0n) is 9.54. The van der Waals surface area contributed by atoms with Gasteiger partial charge in [0.25, 0.3) is 0 Å². The molecule has 0 saturated heterocycles. The predicted octanol–water partition coefficient (Wildman–Crippen LogP) is 2.31. The summed E-state index contributed by atoms with van der Waals surface area (Å²) in [5, 5.41) is 2.36. The van der Waals surface area contributed by atoms with Gasteiger partial charge < -0.3 is 11.1 Å². The van der Waals surface area contributed by atoms with E-state index in [9.17, 15) is 13.6 Å². The SMILES string of the molecule is CC(C)C(N)C(=O)Nc1cc(F)cc(F)c1.Cl. The first-order valence-corrected chi connectivity index (χ1v) is 4.92. The van der Waals surface area contributed by atoms with E-state index >= 15 is 0 Å². The van der Waals surface area contributed by atoms with Crippen molar-refractivity contribution in [2.24, 2.45) is 11.7 Å². The summed E-state index contributed by atoms with van der Waals surface area (Å²) in [5.74, 6) is -1.99. The summed E-state index contributed by atoms with van der Waals surface area (Å²) >= 11 is 0. The molecule has 0 spiro atoms. The van der Waals surface area contributed by atoms with Gasteiger partial charge in [-0.2, -0.15) is 0 Å². The molecule has 1 aromatic carbocycles. The van der Waals surface area contributed by atoms with Gasteiger partial charge in [-0.3, -0.25) is 4.79 Å². The molecule has 1 aromatic rings. The van der Waals surface area contributed by atoms with Crippen LogP contribution in [0.15, 0.2) is 18.2 Å². The molecular weight excluding hydrogens is 250 g/mol. The van der Waals surface area contributed by atoms with E-state index in [1.807, 2.05) is 0 Å². The Kier molecular flexibility index (Phi) is 6.05. The van der Waals surface area contributed by atoms with Crippen molar-refractivity contribution in [3.63, 3.8) is 0 Å². The van der Waals surface area contributed by atoms with Crippen molar-refractivity contribution in [1.29, 1.82) is 0 Å². The number of rotatable bonds is 3. The van der Waals surface area contributed by atoms with Gasteiger partial charge >= 0.3 is 0 Å². The lowest BCUT2D eigenvalue weighted by atomic mass is 10.0. The summed E-state index contributed by atoms with van der Waals surface area (Å²) in [7, 11) is 0. The minimum Gasteiger partial charge on any atom is -0.325 e. The average molecular weight is 265 g/mol. The number of amides is 1. The number of hydrogen-bond donors (Lipinski definition) is 2. The van der Waals surface area contributed by atoms with E-state index in [-0.39, 0.29) is 24.0 Å². The molecule has 0 radical (unpaired) electrons. The van der Waals surface area contributed by atoms with Crippen LogP contribution in [0.4, 0.5) is 14.5 Å². The molecule has 3 N–H and O–H groups in total. The fraction of sp³-hybridized carbons (Fsp3) is 0.364. The van der Waals surface area contributed by atoms with Crippen LogP contribution in [0.5, 0.6) is 0 Å². The van der Waals surface area contributed by atoms with E-state index in [1.54, 1.807) is 13.8 Å². The third kappa shape index (κ3) is 4.66. The second-order valence-electron chi connectivity index (χ2n) is 3.92. The maximum absolute atomic E-state index is 12.8. The lowest BCUT2D eigenvalue weighted by molar-refractivity contribution is -0.118. The molecule has 0 aliphatic heterocycles. The first-order chi connectivity index (χ1) is 7.40. The fourth-order valence-corrected chi connectivity index (χ4v) is 1.15.